The minimum atomic E-state index is 0.126. The Morgan fingerprint density at radius 3 is 2.88 bits per heavy atom. The van der Waals surface area contributed by atoms with E-state index >= 15 is 0 Å². The van der Waals surface area contributed by atoms with Crippen molar-refractivity contribution in [3.63, 3.8) is 0 Å². The van der Waals surface area contributed by atoms with Gasteiger partial charge in [-0.3, -0.25) is 0 Å². The summed E-state index contributed by atoms with van der Waals surface area (Å²) in [5, 5.41) is 3.80. The molecule has 0 radical (unpaired) electrons. The molecule has 1 N–H and O–H groups in total. The molecule has 16 heavy (non-hydrogen) atoms. The highest BCUT2D eigenvalue weighted by atomic mass is 32.1. The molecule has 1 aliphatic heterocycles. The van der Waals surface area contributed by atoms with E-state index in [1.54, 1.807) is 0 Å². The Hall–Kier alpha value is -1.13. The number of benzene rings is 1. The molecule has 1 atom stereocenters. The molecule has 0 amide bonds. The monoisotopic (exact) mass is 236 g/mol. The summed E-state index contributed by atoms with van der Waals surface area (Å²) in [4.78, 5) is 2.15. The third-order valence-corrected chi connectivity index (χ3v) is 3.20. The lowest BCUT2D eigenvalue weighted by atomic mass is 10.1. The first-order chi connectivity index (χ1) is 7.81. The molecule has 1 fully saturated rings. The van der Waals surface area contributed by atoms with Crippen molar-refractivity contribution in [3.8, 4) is 0 Å². The number of hydrogen-bond donors (Lipinski definition) is 1. The van der Waals surface area contributed by atoms with E-state index in [2.05, 4.69) is 22.3 Å². The third kappa shape index (κ3) is 2.51. The first-order valence-corrected chi connectivity index (χ1v) is 5.85. The Labute approximate surface area is 101 Å². The van der Waals surface area contributed by atoms with Gasteiger partial charge < -0.3 is 15.0 Å². The highest BCUT2D eigenvalue weighted by Gasteiger charge is 2.22. The van der Waals surface area contributed by atoms with Crippen LogP contribution in [0.15, 0.2) is 30.3 Å². The maximum absolute atomic E-state index is 5.76. The van der Waals surface area contributed by atoms with Crippen LogP contribution in [0, 0.1) is 0 Å². The molecule has 0 aliphatic carbocycles. The van der Waals surface area contributed by atoms with Crippen molar-refractivity contribution in [2.45, 2.75) is 6.10 Å². The number of morpholine rings is 1. The van der Waals surface area contributed by atoms with Gasteiger partial charge >= 0.3 is 0 Å². The molecular weight excluding hydrogens is 220 g/mol. The van der Waals surface area contributed by atoms with E-state index in [0.717, 1.165) is 24.8 Å². The molecule has 2 rings (SSSR count). The van der Waals surface area contributed by atoms with Crippen LogP contribution in [-0.2, 0) is 4.74 Å². The van der Waals surface area contributed by atoms with Gasteiger partial charge in [0.2, 0.25) is 0 Å². The molecule has 1 saturated heterocycles. The van der Waals surface area contributed by atoms with Crippen LogP contribution in [0.2, 0.25) is 0 Å². The van der Waals surface area contributed by atoms with Crippen LogP contribution in [0.25, 0.3) is 0 Å². The highest BCUT2D eigenvalue weighted by molar-refractivity contribution is 7.80. The number of nitrogens with one attached hydrogen (secondary N) is 1. The topological polar surface area (TPSA) is 24.5 Å². The molecular formula is C12H16N2OS. The smallest absolute Gasteiger partial charge is 0.168 e. The van der Waals surface area contributed by atoms with Crippen LogP contribution in [0.4, 0.5) is 0 Å². The second-order valence-electron chi connectivity index (χ2n) is 3.77. The van der Waals surface area contributed by atoms with Crippen molar-refractivity contribution in [2.24, 2.45) is 0 Å². The Bertz CT molecular complexity index is 355. The van der Waals surface area contributed by atoms with Gasteiger partial charge in [-0.05, 0) is 17.8 Å². The summed E-state index contributed by atoms with van der Waals surface area (Å²) in [6, 6.07) is 10.3. The van der Waals surface area contributed by atoms with E-state index in [1.165, 1.54) is 5.56 Å². The van der Waals surface area contributed by atoms with Gasteiger partial charge in [-0.1, -0.05) is 30.3 Å². The zero-order chi connectivity index (χ0) is 11.4. The summed E-state index contributed by atoms with van der Waals surface area (Å²) in [6.07, 6.45) is 0.126. The van der Waals surface area contributed by atoms with Crippen molar-refractivity contribution in [1.29, 1.82) is 0 Å². The van der Waals surface area contributed by atoms with Crippen molar-refractivity contribution >= 4 is 17.3 Å². The first-order valence-electron chi connectivity index (χ1n) is 5.44. The van der Waals surface area contributed by atoms with Crippen LogP contribution in [0.5, 0.6) is 0 Å². The summed E-state index contributed by atoms with van der Waals surface area (Å²) >= 11 is 5.24. The summed E-state index contributed by atoms with van der Waals surface area (Å²) in [5.74, 6) is 0. The van der Waals surface area contributed by atoms with Crippen LogP contribution in [0.1, 0.15) is 11.7 Å². The van der Waals surface area contributed by atoms with Gasteiger partial charge in [0.25, 0.3) is 0 Å². The molecule has 1 aromatic rings. The molecule has 0 bridgehead atoms. The predicted molar refractivity (Wildman–Crippen MR) is 68.4 cm³/mol. The third-order valence-electron chi connectivity index (χ3n) is 2.74. The van der Waals surface area contributed by atoms with Crippen molar-refractivity contribution < 1.29 is 4.74 Å². The van der Waals surface area contributed by atoms with E-state index in [-0.39, 0.29) is 6.10 Å². The van der Waals surface area contributed by atoms with Crippen molar-refractivity contribution in [1.82, 2.24) is 10.2 Å². The molecule has 0 aromatic heterocycles. The van der Waals surface area contributed by atoms with E-state index in [0.29, 0.717) is 0 Å². The molecule has 3 nitrogen and oxygen atoms in total. The van der Waals surface area contributed by atoms with Crippen molar-refractivity contribution in [2.75, 3.05) is 26.7 Å². The lowest BCUT2D eigenvalue weighted by Crippen LogP contribution is -2.45. The van der Waals surface area contributed by atoms with Gasteiger partial charge in [-0.2, -0.15) is 0 Å². The highest BCUT2D eigenvalue weighted by Crippen LogP contribution is 2.21. The van der Waals surface area contributed by atoms with Gasteiger partial charge in [0.1, 0.15) is 6.10 Å². The Morgan fingerprint density at radius 2 is 2.19 bits per heavy atom. The van der Waals surface area contributed by atoms with Gasteiger partial charge in [0, 0.05) is 13.6 Å². The zero-order valence-corrected chi connectivity index (χ0v) is 10.2. The molecule has 0 spiro atoms. The van der Waals surface area contributed by atoms with E-state index in [9.17, 15) is 0 Å². The number of nitrogens with zero attached hydrogens (tertiary/aromatic N) is 1. The average Bonchev–Trinajstić information content (AvgIpc) is 2.39. The summed E-state index contributed by atoms with van der Waals surface area (Å²) in [5.41, 5.74) is 1.21. The van der Waals surface area contributed by atoms with Gasteiger partial charge in [0.05, 0.1) is 13.2 Å². The van der Waals surface area contributed by atoms with E-state index < -0.39 is 0 Å². The van der Waals surface area contributed by atoms with Crippen LogP contribution in [0.3, 0.4) is 0 Å². The minimum Gasteiger partial charge on any atom is -0.370 e. The van der Waals surface area contributed by atoms with E-state index in [4.69, 9.17) is 17.0 Å². The molecule has 1 heterocycles. The Balaban J connectivity index is 2.05. The van der Waals surface area contributed by atoms with E-state index in [1.807, 2.05) is 25.2 Å². The Kier molecular flexibility index (Phi) is 3.74. The SMILES string of the molecule is CNC(=S)N1CCO[C@H](c2ccccc2)C1. The lowest BCUT2D eigenvalue weighted by molar-refractivity contribution is -0.00697. The predicted octanol–water partition coefficient (Wildman–Crippen LogP) is 1.56. The molecule has 0 unspecified atom stereocenters. The molecule has 1 aliphatic rings. The maximum atomic E-state index is 5.76. The van der Waals surface area contributed by atoms with Gasteiger partial charge in [-0.25, -0.2) is 0 Å². The first kappa shape index (κ1) is 11.4. The fourth-order valence-electron chi connectivity index (χ4n) is 1.86. The van der Waals surface area contributed by atoms with Crippen molar-refractivity contribution in [3.05, 3.63) is 35.9 Å². The second kappa shape index (κ2) is 5.27. The molecule has 0 saturated carbocycles. The molecule has 86 valence electrons. The minimum absolute atomic E-state index is 0.126. The maximum Gasteiger partial charge on any atom is 0.168 e. The fourth-order valence-corrected chi connectivity index (χ4v) is 2.03. The normalized spacial score (nSPS) is 20.6. The molecule has 1 aromatic carbocycles. The van der Waals surface area contributed by atoms with Gasteiger partial charge in [-0.15, -0.1) is 0 Å². The number of hydrogen-bond acceptors (Lipinski definition) is 2. The van der Waals surface area contributed by atoms with Crippen LogP contribution in [-0.4, -0.2) is 36.8 Å². The summed E-state index contributed by atoms with van der Waals surface area (Å²) in [6.45, 7) is 2.41. The number of ether oxygens (including phenoxy) is 1. The fraction of sp³-hybridized carbons (Fsp3) is 0.417. The quantitative estimate of drug-likeness (QED) is 0.748. The number of thiocarbonyl (C=S) groups is 1. The number of rotatable bonds is 1. The summed E-state index contributed by atoms with van der Waals surface area (Å²) in [7, 11) is 1.86. The summed E-state index contributed by atoms with van der Waals surface area (Å²) < 4.78 is 5.76. The lowest BCUT2D eigenvalue weighted by Gasteiger charge is -2.34. The molecule has 4 heteroatoms. The van der Waals surface area contributed by atoms with Crippen LogP contribution >= 0.6 is 12.2 Å². The largest absolute Gasteiger partial charge is 0.370 e. The Morgan fingerprint density at radius 1 is 1.44 bits per heavy atom. The second-order valence-corrected chi connectivity index (χ2v) is 4.16. The van der Waals surface area contributed by atoms with Gasteiger partial charge in [0.15, 0.2) is 5.11 Å². The zero-order valence-electron chi connectivity index (χ0n) is 9.35. The standard InChI is InChI=1S/C12H16N2OS/c1-13-12(16)14-7-8-15-11(9-14)10-5-3-2-4-6-10/h2-6,11H,7-9H2,1H3,(H,13,16)/t11-/m0/s1. The average molecular weight is 236 g/mol. The van der Waals surface area contributed by atoms with Crippen LogP contribution < -0.4 is 5.32 Å².